The SMILES string of the molecule is Cn1cc[n+](C)c1.Cn1cc[n+](C)c1.II.II.II.II.I[I-]I.I[I-]I. The van der Waals surface area contributed by atoms with E-state index >= 15 is 0 Å². The summed E-state index contributed by atoms with van der Waals surface area (Å²) in [5.74, 6) is 0. The topological polar surface area (TPSA) is 17.6 Å². The van der Waals surface area contributed by atoms with Crippen molar-refractivity contribution in [1.82, 2.24) is 9.13 Å². The fraction of sp³-hybridized carbons (Fsp3) is 0.400. The molecule has 0 bridgehead atoms. The van der Waals surface area contributed by atoms with Crippen LogP contribution in [0.15, 0.2) is 37.4 Å². The van der Waals surface area contributed by atoms with Crippen molar-refractivity contribution in [2.75, 3.05) is 0 Å². The van der Waals surface area contributed by atoms with E-state index in [2.05, 4.69) is 223 Å². The quantitative estimate of drug-likeness (QED) is 0.277. The van der Waals surface area contributed by atoms with E-state index in [-0.39, 0.29) is 0 Å². The molecule has 176 valence electrons. The molecule has 4 nitrogen and oxygen atoms in total. The molecule has 2 aromatic heterocycles. The normalized spacial score (nSPS) is 7.14. The Bertz CT molecular complexity index is 368. The van der Waals surface area contributed by atoms with Gasteiger partial charge in [-0.3, -0.25) is 0 Å². The summed E-state index contributed by atoms with van der Waals surface area (Å²) in [4.78, 5) is 0. The molecule has 0 N–H and O–H groups in total. The Hall–Kier alpha value is 8.64. The molecule has 0 saturated heterocycles. The van der Waals surface area contributed by atoms with Gasteiger partial charge in [0.2, 0.25) is 12.7 Å². The van der Waals surface area contributed by atoms with Gasteiger partial charge in [-0.15, -0.1) is 0 Å². The molecule has 0 amide bonds. The maximum absolute atomic E-state index is 2.39. The minimum absolute atomic E-state index is 0.530. The number of hydrogen-bond acceptors (Lipinski definition) is 0. The van der Waals surface area contributed by atoms with Gasteiger partial charge >= 0.3 is 101 Å². The number of aryl methyl sites for hydroxylation is 4. The molecule has 2 rings (SSSR count). The van der Waals surface area contributed by atoms with Crippen molar-refractivity contribution >= 4 is 223 Å². The summed E-state index contributed by atoms with van der Waals surface area (Å²) in [5.41, 5.74) is 0. The van der Waals surface area contributed by atoms with Crippen LogP contribution < -0.4 is 35.6 Å². The second kappa shape index (κ2) is 52.1. The van der Waals surface area contributed by atoms with E-state index in [4.69, 9.17) is 0 Å². The molecule has 18 heteroatoms. The Labute approximate surface area is 323 Å². The van der Waals surface area contributed by atoms with Crippen LogP contribution in [0.5, 0.6) is 0 Å². The molecule has 0 spiro atoms. The Morgan fingerprint density at radius 2 is 0.750 bits per heavy atom. The molecule has 2 heterocycles. The first-order chi connectivity index (χ1) is 13.4. The first-order valence-electron chi connectivity index (χ1n) is 5.66. The molecule has 0 fully saturated rings. The van der Waals surface area contributed by atoms with Crippen LogP contribution in [0, 0.1) is 0 Å². The molecule has 0 radical (unpaired) electrons. The van der Waals surface area contributed by atoms with Gasteiger partial charge in [-0.1, -0.05) is 0 Å². The Balaban J connectivity index is -0.0000000539. The zero-order valence-electron chi connectivity index (χ0n) is 14.5. The zero-order valence-corrected chi connectivity index (χ0v) is 44.7. The second-order valence-electron chi connectivity index (χ2n) is 3.60. The van der Waals surface area contributed by atoms with Crippen LogP contribution in [-0.2, 0) is 28.2 Å². The van der Waals surface area contributed by atoms with Crippen LogP contribution in [0.1, 0.15) is 0 Å². The number of nitrogens with zero attached hydrogens (tertiary/aromatic N) is 4. The average molecular weight is 1970 g/mol. The van der Waals surface area contributed by atoms with Crippen LogP contribution in [0.2, 0.25) is 0 Å². The van der Waals surface area contributed by atoms with Crippen LogP contribution >= 0.6 is 223 Å². The van der Waals surface area contributed by atoms with E-state index < -0.39 is 0 Å². The first kappa shape index (κ1) is 49.6. The monoisotopic (exact) mass is 1970 g/mol. The number of imidazole rings is 2. The molecule has 0 atom stereocenters. The Morgan fingerprint density at radius 3 is 0.786 bits per heavy atom. The molecule has 0 aliphatic rings. The van der Waals surface area contributed by atoms with E-state index in [0.717, 1.165) is 0 Å². The number of aromatic nitrogens is 4. The molecule has 2 aromatic rings. The number of halogens is 14. The summed E-state index contributed by atoms with van der Waals surface area (Å²) in [6.07, 6.45) is 12.0. The van der Waals surface area contributed by atoms with Crippen molar-refractivity contribution in [3.8, 4) is 0 Å². The third-order valence-corrected chi connectivity index (χ3v) is 1.80. The van der Waals surface area contributed by atoms with Crippen molar-refractivity contribution in [1.29, 1.82) is 0 Å². The molecule has 0 aromatic carbocycles. The summed E-state index contributed by atoms with van der Waals surface area (Å²) < 4.78 is 8.00. The van der Waals surface area contributed by atoms with Crippen LogP contribution in [0.3, 0.4) is 0 Å². The summed E-state index contributed by atoms with van der Waals surface area (Å²) in [5, 5.41) is 0. The van der Waals surface area contributed by atoms with Crippen molar-refractivity contribution in [2.24, 2.45) is 28.2 Å². The number of rotatable bonds is 0. The van der Waals surface area contributed by atoms with E-state index in [1.165, 1.54) is 0 Å². The van der Waals surface area contributed by atoms with Crippen molar-refractivity contribution < 1.29 is 35.6 Å². The number of hydrogen-bond donors (Lipinski definition) is 0. The standard InChI is InChI=1S/2C5H9N2.2I3.4I2/c2*1-6-3-4-7(2)5-6;2*1-3-2;4*1-2/h2*3-5H,1-2H3;;;;;;/q2*+1;2*-1;;;;. The van der Waals surface area contributed by atoms with E-state index in [9.17, 15) is 0 Å². The average Bonchev–Trinajstić information content (AvgIpc) is 3.29. The van der Waals surface area contributed by atoms with Gasteiger partial charge in [0.25, 0.3) is 0 Å². The van der Waals surface area contributed by atoms with E-state index in [1.54, 1.807) is 0 Å². The summed E-state index contributed by atoms with van der Waals surface area (Å²) in [7, 11) is 8.00. The maximum atomic E-state index is 2.39. The third-order valence-electron chi connectivity index (χ3n) is 1.80. The fourth-order valence-corrected chi connectivity index (χ4v) is 1.15. The molecule has 0 aliphatic heterocycles. The van der Waals surface area contributed by atoms with Crippen LogP contribution in [-0.4, -0.2) is 9.13 Å². The summed E-state index contributed by atoms with van der Waals surface area (Å²) >= 11 is 27.6. The van der Waals surface area contributed by atoms with Gasteiger partial charge in [-0.05, 0) is 0 Å². The van der Waals surface area contributed by atoms with Gasteiger partial charge in [0.05, 0.1) is 28.2 Å². The predicted molar refractivity (Wildman–Crippen MR) is 221 cm³/mol. The van der Waals surface area contributed by atoms with Crippen LogP contribution in [0.4, 0.5) is 0 Å². The minimum atomic E-state index is 0.530. The molecular formula is C10H18I14N4. The molecule has 0 unspecified atom stereocenters. The van der Waals surface area contributed by atoms with E-state index in [0.29, 0.717) is 26.5 Å². The van der Waals surface area contributed by atoms with Gasteiger partial charge in [0.15, 0.2) is 0 Å². The molecule has 0 aliphatic carbocycles. The Morgan fingerprint density at radius 1 is 0.571 bits per heavy atom. The van der Waals surface area contributed by atoms with Gasteiger partial charge in [0, 0.05) is 149 Å². The van der Waals surface area contributed by atoms with Crippen molar-refractivity contribution in [3.05, 3.63) is 37.4 Å². The van der Waals surface area contributed by atoms with Gasteiger partial charge in [-0.25, -0.2) is 18.3 Å². The molecule has 28 heavy (non-hydrogen) atoms. The summed E-state index contributed by atoms with van der Waals surface area (Å²) in [6.45, 7) is 0. The summed E-state index contributed by atoms with van der Waals surface area (Å²) in [6, 6.07) is 0. The van der Waals surface area contributed by atoms with Crippen molar-refractivity contribution in [2.45, 2.75) is 0 Å². The Kier molecular flexibility index (Phi) is 92.3. The van der Waals surface area contributed by atoms with Gasteiger partial charge < -0.3 is 0 Å². The second-order valence-corrected chi connectivity index (χ2v) is 36.1. The first-order valence-corrected chi connectivity index (χ1v) is 55.9. The zero-order chi connectivity index (χ0) is 24.0. The molecule has 0 saturated carbocycles. The molecular weight excluding hydrogens is 1950 g/mol. The van der Waals surface area contributed by atoms with Crippen molar-refractivity contribution in [3.63, 3.8) is 0 Å². The van der Waals surface area contributed by atoms with Gasteiger partial charge in [0.1, 0.15) is 24.8 Å². The fourth-order valence-electron chi connectivity index (χ4n) is 1.15. The van der Waals surface area contributed by atoms with E-state index in [1.807, 2.05) is 83.9 Å². The third kappa shape index (κ3) is 55.2. The predicted octanol–water partition coefficient (Wildman–Crippen LogP) is 4.34. The van der Waals surface area contributed by atoms with Gasteiger partial charge in [-0.2, -0.15) is 0 Å². The van der Waals surface area contributed by atoms with Crippen LogP contribution in [0.25, 0.3) is 0 Å².